The van der Waals surface area contributed by atoms with Crippen LogP contribution >= 0.6 is 0 Å². The van der Waals surface area contributed by atoms with Crippen LogP contribution in [0.1, 0.15) is 38.3 Å². The Morgan fingerprint density at radius 1 is 1.22 bits per heavy atom. The molecule has 0 fully saturated rings. The van der Waals surface area contributed by atoms with E-state index in [0.717, 1.165) is 24.9 Å². The Morgan fingerprint density at radius 2 is 1.83 bits per heavy atom. The second-order valence-electron chi connectivity index (χ2n) is 4.15. The molecule has 18 heavy (non-hydrogen) atoms. The first-order valence-electron chi connectivity index (χ1n) is 6.01. The molecule has 102 valence electrons. The van der Waals surface area contributed by atoms with E-state index in [4.69, 9.17) is 0 Å². The Kier molecular flexibility index (Phi) is 5.47. The highest BCUT2D eigenvalue weighted by Gasteiger charge is 2.30. The number of ether oxygens (including phenoxy) is 1. The monoisotopic (exact) mass is 261 g/mol. The summed E-state index contributed by atoms with van der Waals surface area (Å²) in [4.78, 5) is 0. The number of hydrogen-bond donors (Lipinski definition) is 1. The van der Waals surface area contributed by atoms with E-state index in [0.29, 0.717) is 0 Å². The van der Waals surface area contributed by atoms with Crippen molar-refractivity contribution in [3.05, 3.63) is 29.8 Å². The molecule has 0 spiro atoms. The zero-order valence-electron chi connectivity index (χ0n) is 10.6. The molecule has 0 aliphatic heterocycles. The van der Waals surface area contributed by atoms with Crippen molar-refractivity contribution >= 4 is 0 Å². The van der Waals surface area contributed by atoms with Gasteiger partial charge in [-0.1, -0.05) is 25.5 Å². The van der Waals surface area contributed by atoms with E-state index in [2.05, 4.69) is 17.0 Å². The summed E-state index contributed by atoms with van der Waals surface area (Å²) in [7, 11) is 0. The average Bonchev–Trinajstić information content (AvgIpc) is 2.28. The summed E-state index contributed by atoms with van der Waals surface area (Å²) >= 11 is 0. The van der Waals surface area contributed by atoms with Crippen molar-refractivity contribution in [2.45, 2.75) is 39.1 Å². The first-order chi connectivity index (χ1) is 8.42. The molecule has 1 N–H and O–H groups in total. The van der Waals surface area contributed by atoms with E-state index < -0.39 is 6.36 Å². The van der Waals surface area contributed by atoms with Gasteiger partial charge < -0.3 is 10.1 Å². The number of alkyl halides is 3. The van der Waals surface area contributed by atoms with E-state index in [9.17, 15) is 13.2 Å². The average molecular weight is 261 g/mol. The molecule has 2 nitrogen and oxygen atoms in total. The first kappa shape index (κ1) is 14.8. The SMILES string of the molecule is CCCCNC(C)c1ccc(OC(F)(F)F)cc1. The van der Waals surface area contributed by atoms with Gasteiger partial charge in [0.1, 0.15) is 5.75 Å². The van der Waals surface area contributed by atoms with Gasteiger partial charge in [0.05, 0.1) is 0 Å². The number of halogens is 3. The van der Waals surface area contributed by atoms with Crippen molar-refractivity contribution in [1.29, 1.82) is 0 Å². The van der Waals surface area contributed by atoms with Crippen LogP contribution in [0.4, 0.5) is 13.2 Å². The third-order valence-corrected chi connectivity index (χ3v) is 2.59. The highest BCUT2D eigenvalue weighted by atomic mass is 19.4. The molecule has 0 bridgehead atoms. The number of unbranched alkanes of at least 4 members (excludes halogenated alkanes) is 1. The smallest absolute Gasteiger partial charge is 0.406 e. The van der Waals surface area contributed by atoms with Crippen LogP contribution in [0.3, 0.4) is 0 Å². The Labute approximate surface area is 105 Å². The van der Waals surface area contributed by atoms with Gasteiger partial charge in [0.25, 0.3) is 0 Å². The predicted octanol–water partition coefficient (Wildman–Crippen LogP) is 4.04. The van der Waals surface area contributed by atoms with E-state index in [-0.39, 0.29) is 11.8 Å². The van der Waals surface area contributed by atoms with Gasteiger partial charge in [-0.25, -0.2) is 0 Å². The minimum absolute atomic E-state index is 0.122. The quantitative estimate of drug-likeness (QED) is 0.780. The highest BCUT2D eigenvalue weighted by Crippen LogP contribution is 2.24. The van der Waals surface area contributed by atoms with Crippen LogP contribution in [0.2, 0.25) is 0 Å². The number of rotatable bonds is 6. The standard InChI is InChI=1S/C13H18F3NO/c1-3-4-9-17-10(2)11-5-7-12(8-6-11)18-13(14,15)16/h5-8,10,17H,3-4,9H2,1-2H3. The summed E-state index contributed by atoms with van der Waals surface area (Å²) < 4.78 is 39.7. The lowest BCUT2D eigenvalue weighted by atomic mass is 10.1. The Bertz CT molecular complexity index is 348. The van der Waals surface area contributed by atoms with Crippen LogP contribution in [-0.2, 0) is 0 Å². The largest absolute Gasteiger partial charge is 0.573 e. The maximum absolute atomic E-state index is 12.0. The van der Waals surface area contributed by atoms with Gasteiger partial charge >= 0.3 is 6.36 Å². The lowest BCUT2D eigenvalue weighted by Crippen LogP contribution is -2.20. The van der Waals surface area contributed by atoms with E-state index in [1.54, 1.807) is 12.1 Å². The van der Waals surface area contributed by atoms with E-state index in [1.807, 2.05) is 6.92 Å². The molecule has 0 saturated heterocycles. The molecule has 1 aromatic rings. The Balaban J connectivity index is 2.54. The summed E-state index contributed by atoms with van der Waals surface area (Å²) in [6.45, 7) is 4.99. The molecule has 0 radical (unpaired) electrons. The van der Waals surface area contributed by atoms with Crippen molar-refractivity contribution in [3.63, 3.8) is 0 Å². The molecular weight excluding hydrogens is 243 g/mol. The zero-order chi connectivity index (χ0) is 13.6. The topological polar surface area (TPSA) is 21.3 Å². The summed E-state index contributed by atoms with van der Waals surface area (Å²) in [5, 5.41) is 3.30. The van der Waals surface area contributed by atoms with E-state index >= 15 is 0 Å². The molecule has 1 rings (SSSR count). The van der Waals surface area contributed by atoms with Crippen molar-refractivity contribution < 1.29 is 17.9 Å². The maximum atomic E-state index is 12.0. The van der Waals surface area contributed by atoms with Gasteiger partial charge in [-0.3, -0.25) is 0 Å². The molecule has 1 unspecified atom stereocenters. The predicted molar refractivity (Wildman–Crippen MR) is 64.5 cm³/mol. The van der Waals surface area contributed by atoms with Crippen molar-refractivity contribution in [2.24, 2.45) is 0 Å². The van der Waals surface area contributed by atoms with Gasteiger partial charge in [0, 0.05) is 6.04 Å². The molecule has 1 aromatic carbocycles. The van der Waals surface area contributed by atoms with Crippen molar-refractivity contribution in [1.82, 2.24) is 5.32 Å². The minimum Gasteiger partial charge on any atom is -0.406 e. The van der Waals surface area contributed by atoms with Crippen LogP contribution in [0.5, 0.6) is 5.75 Å². The van der Waals surface area contributed by atoms with Gasteiger partial charge in [0.15, 0.2) is 0 Å². The van der Waals surface area contributed by atoms with Gasteiger partial charge in [0.2, 0.25) is 0 Å². The normalized spacial score (nSPS) is 13.4. The second kappa shape index (κ2) is 6.64. The third kappa shape index (κ3) is 5.40. The van der Waals surface area contributed by atoms with Crippen LogP contribution in [-0.4, -0.2) is 12.9 Å². The van der Waals surface area contributed by atoms with Gasteiger partial charge in [-0.05, 0) is 37.6 Å². The van der Waals surface area contributed by atoms with Crippen molar-refractivity contribution in [2.75, 3.05) is 6.54 Å². The fourth-order valence-corrected chi connectivity index (χ4v) is 1.57. The summed E-state index contributed by atoms with van der Waals surface area (Å²) in [6.07, 6.45) is -2.44. The van der Waals surface area contributed by atoms with Crippen LogP contribution in [0.25, 0.3) is 0 Å². The fourth-order valence-electron chi connectivity index (χ4n) is 1.57. The molecule has 1 atom stereocenters. The van der Waals surface area contributed by atoms with Gasteiger partial charge in [-0.2, -0.15) is 0 Å². The maximum Gasteiger partial charge on any atom is 0.573 e. The van der Waals surface area contributed by atoms with Crippen LogP contribution in [0.15, 0.2) is 24.3 Å². The molecule has 0 saturated carbocycles. The Hall–Kier alpha value is -1.23. The first-order valence-corrected chi connectivity index (χ1v) is 6.01. The van der Waals surface area contributed by atoms with Gasteiger partial charge in [-0.15, -0.1) is 13.2 Å². The molecule has 5 heteroatoms. The van der Waals surface area contributed by atoms with Crippen LogP contribution in [0, 0.1) is 0 Å². The lowest BCUT2D eigenvalue weighted by molar-refractivity contribution is -0.274. The van der Waals surface area contributed by atoms with Crippen molar-refractivity contribution in [3.8, 4) is 5.75 Å². The number of nitrogens with one attached hydrogen (secondary N) is 1. The fraction of sp³-hybridized carbons (Fsp3) is 0.538. The molecular formula is C13H18F3NO. The Morgan fingerprint density at radius 3 is 2.33 bits per heavy atom. The summed E-state index contributed by atoms with van der Waals surface area (Å²) in [5.41, 5.74) is 0.945. The lowest BCUT2D eigenvalue weighted by Gasteiger charge is -2.15. The molecule has 0 aliphatic carbocycles. The van der Waals surface area contributed by atoms with Crippen LogP contribution < -0.4 is 10.1 Å². The third-order valence-electron chi connectivity index (χ3n) is 2.59. The highest BCUT2D eigenvalue weighted by molar-refractivity contribution is 5.29. The second-order valence-corrected chi connectivity index (χ2v) is 4.15. The summed E-state index contributed by atoms with van der Waals surface area (Å²) in [5.74, 6) is -0.188. The minimum atomic E-state index is -4.63. The molecule has 0 aliphatic rings. The summed E-state index contributed by atoms with van der Waals surface area (Å²) in [6, 6.07) is 6.08. The van der Waals surface area contributed by atoms with E-state index in [1.165, 1.54) is 12.1 Å². The molecule has 0 heterocycles. The molecule has 0 amide bonds. The molecule has 0 aromatic heterocycles. The zero-order valence-corrected chi connectivity index (χ0v) is 10.6. The number of hydrogen-bond acceptors (Lipinski definition) is 2. The number of benzene rings is 1.